The molecule has 2 aliphatic rings. The molecule has 3 heterocycles. The molecule has 0 spiro atoms. The fraction of sp³-hybridized carbons (Fsp3) is 0.143. The lowest BCUT2D eigenvalue weighted by atomic mass is 9.96. The Bertz CT molecular complexity index is 873. The number of para-hydroxylation sites is 1. The number of hydrogen-bond acceptors (Lipinski definition) is 5. The number of hydrogen-bond donors (Lipinski definition) is 0. The van der Waals surface area contributed by atoms with Crippen molar-refractivity contribution in [3.05, 3.63) is 90.3 Å². The van der Waals surface area contributed by atoms with Crippen molar-refractivity contribution in [2.75, 3.05) is 18.1 Å². The first-order chi connectivity index (χ1) is 12.9. The summed E-state index contributed by atoms with van der Waals surface area (Å²) in [5.41, 5.74) is 3.40. The van der Waals surface area contributed by atoms with Gasteiger partial charge in [0.05, 0.1) is 5.69 Å². The Hall–Kier alpha value is -3.34. The second-order valence-electron chi connectivity index (χ2n) is 5.92. The molecule has 1 aromatic heterocycles. The molecule has 5 nitrogen and oxygen atoms in total. The van der Waals surface area contributed by atoms with Gasteiger partial charge in [0.15, 0.2) is 5.76 Å². The highest BCUT2D eigenvalue weighted by atomic mass is 16.6. The molecule has 2 aliphatic heterocycles. The minimum atomic E-state index is -0.502. The van der Waals surface area contributed by atoms with E-state index in [4.69, 9.17) is 9.47 Å². The average molecular weight is 346 g/mol. The van der Waals surface area contributed by atoms with Gasteiger partial charge in [-0.15, -0.1) is 0 Å². The Morgan fingerprint density at radius 1 is 1.08 bits per heavy atom. The van der Waals surface area contributed by atoms with Gasteiger partial charge in [-0.2, -0.15) is 0 Å². The first-order valence-electron chi connectivity index (χ1n) is 8.45. The zero-order valence-corrected chi connectivity index (χ0v) is 14.1. The highest BCUT2D eigenvalue weighted by Crippen LogP contribution is 2.33. The molecule has 0 aliphatic carbocycles. The summed E-state index contributed by atoms with van der Waals surface area (Å²) < 4.78 is 11.2. The maximum atomic E-state index is 12.0. The lowest BCUT2D eigenvalue weighted by Crippen LogP contribution is -2.37. The highest BCUT2D eigenvalue weighted by Gasteiger charge is 2.30. The zero-order chi connectivity index (χ0) is 17.8. The normalized spacial score (nSPS) is 19.5. The van der Waals surface area contributed by atoms with E-state index in [1.54, 1.807) is 12.5 Å². The van der Waals surface area contributed by atoms with Crippen LogP contribution >= 0.6 is 0 Å². The minimum Gasteiger partial charge on any atom is -0.494 e. The molecule has 5 heteroatoms. The number of rotatable bonds is 4. The maximum Gasteiger partial charge on any atom is 0.159 e. The third-order valence-electron chi connectivity index (χ3n) is 4.29. The van der Waals surface area contributed by atoms with Crippen LogP contribution in [0.5, 0.6) is 0 Å². The van der Waals surface area contributed by atoms with Crippen molar-refractivity contribution in [3.63, 3.8) is 0 Å². The van der Waals surface area contributed by atoms with Crippen molar-refractivity contribution in [3.8, 4) is 0 Å². The number of pyridine rings is 1. The number of carbonyl (C=O) groups excluding carboxylic acids is 1. The molecule has 0 fully saturated rings. The Morgan fingerprint density at radius 2 is 1.92 bits per heavy atom. The Labute approximate surface area is 151 Å². The quantitative estimate of drug-likeness (QED) is 0.795. The number of nitrogens with zero attached hydrogens (tertiary/aromatic N) is 2. The van der Waals surface area contributed by atoms with E-state index >= 15 is 0 Å². The molecule has 1 aromatic carbocycles. The molecule has 2 aromatic rings. The van der Waals surface area contributed by atoms with Crippen LogP contribution in [0.25, 0.3) is 5.57 Å². The minimum absolute atomic E-state index is 0.461. The first kappa shape index (κ1) is 16.1. The van der Waals surface area contributed by atoms with Gasteiger partial charge < -0.3 is 19.2 Å². The summed E-state index contributed by atoms with van der Waals surface area (Å²) in [7, 11) is 0. The van der Waals surface area contributed by atoms with Gasteiger partial charge in [-0.3, -0.25) is 4.98 Å². The van der Waals surface area contributed by atoms with Crippen LogP contribution in [0.4, 0.5) is 5.69 Å². The van der Waals surface area contributed by atoms with Crippen LogP contribution in [-0.2, 0) is 14.3 Å². The number of carbonyl (C=O) groups is 1. The third kappa shape index (κ3) is 3.11. The predicted molar refractivity (Wildman–Crippen MR) is 99.1 cm³/mol. The van der Waals surface area contributed by atoms with E-state index in [-0.39, 0.29) is 0 Å². The summed E-state index contributed by atoms with van der Waals surface area (Å²) in [6.45, 7) is 0.969. The predicted octanol–water partition coefficient (Wildman–Crippen LogP) is 3.32. The van der Waals surface area contributed by atoms with Crippen LogP contribution < -0.4 is 4.90 Å². The molecule has 0 saturated heterocycles. The molecule has 26 heavy (non-hydrogen) atoms. The molecule has 0 bridgehead atoms. The molecule has 1 unspecified atom stereocenters. The van der Waals surface area contributed by atoms with Crippen molar-refractivity contribution in [1.29, 1.82) is 0 Å². The van der Waals surface area contributed by atoms with Crippen LogP contribution in [0.2, 0.25) is 0 Å². The van der Waals surface area contributed by atoms with Crippen molar-refractivity contribution in [1.82, 2.24) is 4.98 Å². The standard InChI is InChI=1S/C21H18N2O3/c24-14-20-18(21-15-25-10-11-26-21)12-16(19-8-4-5-9-22-19)13-23(20)17-6-2-1-3-7-17/h1-9,12-15,20H,10-11H2. The molecule has 0 saturated carbocycles. The summed E-state index contributed by atoms with van der Waals surface area (Å²) in [6, 6.07) is 15.0. The second kappa shape index (κ2) is 7.27. The summed E-state index contributed by atoms with van der Waals surface area (Å²) in [5, 5.41) is 0. The molecule has 0 N–H and O–H groups in total. The highest BCUT2D eigenvalue weighted by molar-refractivity contribution is 5.85. The van der Waals surface area contributed by atoms with Crippen LogP contribution in [0, 0.1) is 0 Å². The Kier molecular flexibility index (Phi) is 4.51. The van der Waals surface area contributed by atoms with Gasteiger partial charge in [0.1, 0.15) is 31.8 Å². The van der Waals surface area contributed by atoms with Gasteiger partial charge in [0.25, 0.3) is 0 Å². The largest absolute Gasteiger partial charge is 0.494 e. The topological polar surface area (TPSA) is 51.7 Å². The van der Waals surface area contributed by atoms with E-state index in [9.17, 15) is 4.79 Å². The Balaban J connectivity index is 1.83. The molecule has 0 radical (unpaired) electrons. The summed E-state index contributed by atoms with van der Waals surface area (Å²) in [5.74, 6) is 0.579. The van der Waals surface area contributed by atoms with Crippen LogP contribution in [0.3, 0.4) is 0 Å². The summed E-state index contributed by atoms with van der Waals surface area (Å²) in [6.07, 6.45) is 8.15. The Morgan fingerprint density at radius 3 is 2.62 bits per heavy atom. The summed E-state index contributed by atoms with van der Waals surface area (Å²) in [4.78, 5) is 18.4. The van der Waals surface area contributed by atoms with E-state index in [2.05, 4.69) is 4.98 Å². The molecule has 130 valence electrons. The van der Waals surface area contributed by atoms with E-state index < -0.39 is 6.04 Å². The fourth-order valence-corrected chi connectivity index (χ4v) is 3.05. The lowest BCUT2D eigenvalue weighted by molar-refractivity contribution is -0.108. The van der Waals surface area contributed by atoms with Gasteiger partial charge in [0, 0.05) is 29.2 Å². The van der Waals surface area contributed by atoms with Crippen LogP contribution in [0.15, 0.2) is 84.6 Å². The van der Waals surface area contributed by atoms with Gasteiger partial charge in [-0.05, 0) is 30.3 Å². The number of anilines is 1. The molecular formula is C21H18N2O3. The van der Waals surface area contributed by atoms with E-state index in [1.165, 1.54) is 0 Å². The summed E-state index contributed by atoms with van der Waals surface area (Å²) >= 11 is 0. The van der Waals surface area contributed by atoms with Crippen LogP contribution in [0.1, 0.15) is 5.69 Å². The van der Waals surface area contributed by atoms with E-state index in [1.807, 2.05) is 65.7 Å². The zero-order valence-electron chi connectivity index (χ0n) is 14.1. The van der Waals surface area contributed by atoms with Crippen molar-refractivity contribution in [2.45, 2.75) is 6.04 Å². The average Bonchev–Trinajstić information content (AvgIpc) is 2.74. The van der Waals surface area contributed by atoms with Crippen LogP contribution in [-0.4, -0.2) is 30.5 Å². The van der Waals surface area contributed by atoms with E-state index in [0.29, 0.717) is 19.0 Å². The van der Waals surface area contributed by atoms with Crippen molar-refractivity contribution >= 4 is 17.5 Å². The van der Waals surface area contributed by atoms with Gasteiger partial charge in [-0.25, -0.2) is 0 Å². The number of aromatic nitrogens is 1. The van der Waals surface area contributed by atoms with E-state index in [0.717, 1.165) is 28.8 Å². The first-order valence-corrected chi connectivity index (χ1v) is 8.45. The number of allylic oxidation sites excluding steroid dienone is 2. The maximum absolute atomic E-state index is 12.0. The molecule has 0 amide bonds. The second-order valence-corrected chi connectivity index (χ2v) is 5.92. The molecular weight excluding hydrogens is 328 g/mol. The monoisotopic (exact) mass is 346 g/mol. The van der Waals surface area contributed by atoms with Gasteiger partial charge in [0.2, 0.25) is 0 Å². The molecule has 4 rings (SSSR count). The van der Waals surface area contributed by atoms with Gasteiger partial charge in [-0.1, -0.05) is 24.3 Å². The third-order valence-corrected chi connectivity index (χ3v) is 4.29. The molecule has 1 atom stereocenters. The smallest absolute Gasteiger partial charge is 0.159 e. The number of aldehydes is 1. The van der Waals surface area contributed by atoms with Gasteiger partial charge >= 0.3 is 0 Å². The lowest BCUT2D eigenvalue weighted by Gasteiger charge is -2.34. The van der Waals surface area contributed by atoms with Crippen molar-refractivity contribution in [2.24, 2.45) is 0 Å². The fourth-order valence-electron chi connectivity index (χ4n) is 3.05. The SMILES string of the molecule is O=CC1C(C2=COCCO2)=CC(c2ccccn2)=CN1c1ccccc1. The number of ether oxygens (including phenoxy) is 2. The van der Waals surface area contributed by atoms with Crippen molar-refractivity contribution < 1.29 is 14.3 Å². The number of benzene rings is 1.